The average Bonchev–Trinajstić information content (AvgIpc) is 2.70. The first-order chi connectivity index (χ1) is 10.6. The van der Waals surface area contributed by atoms with Gasteiger partial charge in [-0.1, -0.05) is 20.8 Å². The van der Waals surface area contributed by atoms with E-state index in [1.165, 1.54) is 29.9 Å². The molecule has 0 aliphatic heterocycles. The Kier molecular flexibility index (Phi) is 20.8. The van der Waals surface area contributed by atoms with Crippen molar-refractivity contribution in [2.24, 2.45) is 5.41 Å². The van der Waals surface area contributed by atoms with Crippen molar-refractivity contribution in [2.75, 3.05) is 19.8 Å². The van der Waals surface area contributed by atoms with E-state index in [0.29, 0.717) is 25.2 Å². The maximum atomic E-state index is 7.88. The predicted octanol–water partition coefficient (Wildman–Crippen LogP) is 4.35. The Bertz CT molecular complexity index is 303. The molecule has 1 aliphatic carbocycles. The Balaban J connectivity index is -0.000000278. The third-order valence-electron chi connectivity index (χ3n) is 3.73. The predicted molar refractivity (Wildman–Crippen MR) is 97.0 cm³/mol. The Morgan fingerprint density at radius 3 is 1.04 bits per heavy atom. The zero-order valence-corrected chi connectivity index (χ0v) is 20.2. The van der Waals surface area contributed by atoms with Crippen LogP contribution in [0.15, 0.2) is 20.0 Å². The molecular weight excluding hydrogens is 455 g/mol. The van der Waals surface area contributed by atoms with Gasteiger partial charge in [-0.2, -0.15) is 0 Å². The average molecular weight is 494 g/mol. The van der Waals surface area contributed by atoms with Gasteiger partial charge in [0.25, 0.3) is 0 Å². The molecule has 0 aromatic heterocycles. The van der Waals surface area contributed by atoms with E-state index in [1.54, 1.807) is 14.5 Å². The first-order valence-electron chi connectivity index (χ1n) is 8.57. The van der Waals surface area contributed by atoms with Gasteiger partial charge in [0.2, 0.25) is 0 Å². The second-order valence-corrected chi connectivity index (χ2v) is 7.84. The standard InChI is InChI=1S/C10H15.3C3H8O.Hf/c1-7-6-10(4,5)9(3)8(7)2;3*1-2-3-4;/h1-5H3;3*4H,2-3H2,1H3;. The normalized spacial score (nSPS) is 15.0. The maximum absolute atomic E-state index is 7.88. The van der Waals surface area contributed by atoms with Crippen LogP contribution < -0.4 is 0 Å². The molecule has 3 N–H and O–H groups in total. The number of aliphatic hydroxyl groups excluding tert-OH is 3. The van der Waals surface area contributed by atoms with Crippen LogP contribution in [0.25, 0.3) is 0 Å². The summed E-state index contributed by atoms with van der Waals surface area (Å²) in [5.41, 5.74) is 5.03. The van der Waals surface area contributed by atoms with Crippen LogP contribution in [0, 0.1) is 5.41 Å². The molecule has 0 saturated carbocycles. The van der Waals surface area contributed by atoms with E-state index in [1.807, 2.05) is 20.8 Å². The molecule has 0 bridgehead atoms. The Labute approximate surface area is 159 Å². The van der Waals surface area contributed by atoms with Gasteiger partial charge in [-0.3, -0.25) is 0 Å². The van der Waals surface area contributed by atoms with Gasteiger partial charge in [-0.05, 0) is 19.3 Å². The van der Waals surface area contributed by atoms with Gasteiger partial charge in [0.05, 0.1) is 0 Å². The zero-order chi connectivity index (χ0) is 19.1. The molecule has 0 unspecified atom stereocenters. The first-order valence-corrected chi connectivity index (χ1v) is 10.4. The smallest absolute Gasteiger partial charge is 0.0428 e. The van der Waals surface area contributed by atoms with Crippen LogP contribution in [-0.2, 0) is 24.4 Å². The zero-order valence-electron chi connectivity index (χ0n) is 16.6. The summed E-state index contributed by atoms with van der Waals surface area (Å²) < 4.78 is 1.67. The van der Waals surface area contributed by atoms with Crippen molar-refractivity contribution >= 4 is 0 Å². The number of hydrogen-bond acceptors (Lipinski definition) is 3. The molecule has 4 heteroatoms. The molecule has 0 heterocycles. The Hall–Kier alpha value is 0.230. The van der Waals surface area contributed by atoms with Crippen LogP contribution in [0.4, 0.5) is 0 Å². The van der Waals surface area contributed by atoms with Crippen LogP contribution in [0.1, 0.15) is 74.7 Å². The molecule has 0 atom stereocenters. The van der Waals surface area contributed by atoms with E-state index in [-0.39, 0.29) is 0 Å². The van der Waals surface area contributed by atoms with Gasteiger partial charge >= 0.3 is 84.5 Å². The van der Waals surface area contributed by atoms with Crippen LogP contribution in [0.5, 0.6) is 0 Å². The molecular formula is C19H39HfO3. The molecule has 0 aromatic carbocycles. The van der Waals surface area contributed by atoms with E-state index in [9.17, 15) is 0 Å². The third kappa shape index (κ3) is 12.3. The van der Waals surface area contributed by atoms with Gasteiger partial charge in [-0.25, -0.2) is 0 Å². The molecule has 0 saturated heterocycles. The summed E-state index contributed by atoms with van der Waals surface area (Å²) in [6, 6.07) is 0. The molecule has 1 rings (SSSR count). The van der Waals surface area contributed by atoms with Crippen molar-refractivity contribution in [2.45, 2.75) is 74.7 Å². The van der Waals surface area contributed by atoms with Gasteiger partial charge in [-0.15, -0.1) is 0 Å². The molecule has 3 nitrogen and oxygen atoms in total. The number of hydrogen-bond donors (Lipinski definition) is 3. The molecule has 0 fully saturated rings. The summed E-state index contributed by atoms with van der Waals surface area (Å²) in [5, 5.41) is 23.6. The van der Waals surface area contributed by atoms with Gasteiger partial charge < -0.3 is 15.3 Å². The van der Waals surface area contributed by atoms with Crippen molar-refractivity contribution in [3.05, 3.63) is 20.0 Å². The summed E-state index contributed by atoms with van der Waals surface area (Å²) in [4.78, 5) is 0. The van der Waals surface area contributed by atoms with E-state index in [4.69, 9.17) is 15.3 Å². The second-order valence-electron chi connectivity index (χ2n) is 6.05. The number of aliphatic hydroxyl groups is 3. The summed E-state index contributed by atoms with van der Waals surface area (Å²) >= 11 is 1.21. The molecule has 0 amide bonds. The maximum Gasteiger partial charge on any atom is 0.0428 e. The Morgan fingerprint density at radius 1 is 0.739 bits per heavy atom. The summed E-state index contributed by atoms with van der Waals surface area (Å²) in [7, 11) is 0. The van der Waals surface area contributed by atoms with Crippen molar-refractivity contribution in [3.8, 4) is 0 Å². The fourth-order valence-electron chi connectivity index (χ4n) is 1.59. The third-order valence-corrected chi connectivity index (χ3v) is 7.33. The van der Waals surface area contributed by atoms with E-state index in [2.05, 4.69) is 34.6 Å². The number of allylic oxidation sites excluding steroid dienone is 4. The quantitative estimate of drug-likeness (QED) is 0.512. The number of rotatable bonds is 3. The van der Waals surface area contributed by atoms with Crippen LogP contribution in [-0.4, -0.2) is 35.1 Å². The molecule has 1 aliphatic rings. The van der Waals surface area contributed by atoms with E-state index in [0.717, 1.165) is 19.3 Å². The molecule has 137 valence electrons. The molecule has 0 radical (unpaired) electrons. The van der Waals surface area contributed by atoms with Crippen LogP contribution in [0.3, 0.4) is 0 Å². The van der Waals surface area contributed by atoms with E-state index >= 15 is 0 Å². The van der Waals surface area contributed by atoms with Crippen LogP contribution >= 0.6 is 0 Å². The SMILES string of the molecule is CC1=C(C)C(C)(C)[C]([Hf])=C1C.CCCO.CCCO.CCCO. The molecule has 23 heavy (non-hydrogen) atoms. The van der Waals surface area contributed by atoms with E-state index < -0.39 is 0 Å². The monoisotopic (exact) mass is 495 g/mol. The Morgan fingerprint density at radius 2 is 1.00 bits per heavy atom. The molecule has 0 aromatic rings. The molecule has 0 spiro atoms. The van der Waals surface area contributed by atoms with Crippen molar-refractivity contribution < 1.29 is 39.7 Å². The van der Waals surface area contributed by atoms with Gasteiger partial charge in [0, 0.05) is 19.8 Å². The topological polar surface area (TPSA) is 60.7 Å². The minimum Gasteiger partial charge on any atom is -0.396 e. The largest absolute Gasteiger partial charge is 0.396 e. The van der Waals surface area contributed by atoms with Crippen molar-refractivity contribution in [1.82, 2.24) is 0 Å². The fourth-order valence-corrected chi connectivity index (χ4v) is 2.94. The van der Waals surface area contributed by atoms with Crippen molar-refractivity contribution in [1.29, 1.82) is 0 Å². The minimum atomic E-state index is 0.319. The second kappa shape index (κ2) is 17.1. The summed E-state index contributed by atoms with van der Waals surface area (Å²) in [5.74, 6) is 0. The van der Waals surface area contributed by atoms with Crippen LogP contribution in [0.2, 0.25) is 0 Å². The first kappa shape index (κ1) is 28.1. The fraction of sp³-hybridized carbons (Fsp3) is 0.789. The summed E-state index contributed by atoms with van der Waals surface area (Å²) in [6.45, 7) is 18.2. The summed E-state index contributed by atoms with van der Waals surface area (Å²) in [6.07, 6.45) is 2.62. The minimum absolute atomic E-state index is 0.319. The van der Waals surface area contributed by atoms with Gasteiger partial charge in [0.15, 0.2) is 0 Å². The van der Waals surface area contributed by atoms with Gasteiger partial charge in [0.1, 0.15) is 0 Å². The van der Waals surface area contributed by atoms with Crippen molar-refractivity contribution in [3.63, 3.8) is 0 Å².